The Hall–Kier alpha value is -4.12. The Morgan fingerprint density at radius 2 is 1.53 bits per heavy atom. The number of pyridine rings is 1. The Morgan fingerprint density at radius 1 is 0.884 bits per heavy atom. The van der Waals surface area contributed by atoms with Crippen LogP contribution >= 0.6 is 11.6 Å². The number of nitrogens with one attached hydrogen (secondary N) is 1. The number of carbonyl (C=O) groups excluding carboxylic acids is 2. The average molecular weight is 620 g/mol. The van der Waals surface area contributed by atoms with Crippen LogP contribution < -0.4 is 5.32 Å². The first-order chi connectivity index (χ1) is 20.3. The SMILES string of the molecule is O=C(NC1(Cc2ccc(Cl)cc2)CCCCN1C(=O)c1cc(C(F)(F)F)cc(C(F)(F)F)c1)c1nccc2ccccc12. The maximum absolute atomic E-state index is 14.0. The van der Waals surface area contributed by atoms with E-state index in [2.05, 4.69) is 10.3 Å². The molecule has 43 heavy (non-hydrogen) atoms. The van der Waals surface area contributed by atoms with Gasteiger partial charge < -0.3 is 10.2 Å². The molecule has 1 aromatic heterocycles. The van der Waals surface area contributed by atoms with Crippen LogP contribution in [0.4, 0.5) is 26.3 Å². The van der Waals surface area contributed by atoms with Crippen molar-refractivity contribution in [2.24, 2.45) is 0 Å². The minimum Gasteiger partial charge on any atom is -0.327 e. The molecule has 1 aliphatic heterocycles. The summed E-state index contributed by atoms with van der Waals surface area (Å²) in [5, 5.41) is 4.62. The van der Waals surface area contributed by atoms with Gasteiger partial charge in [0, 0.05) is 35.1 Å². The zero-order valence-electron chi connectivity index (χ0n) is 22.4. The molecule has 1 saturated heterocycles. The average Bonchev–Trinajstić information content (AvgIpc) is 2.97. The number of benzene rings is 3. The lowest BCUT2D eigenvalue weighted by atomic mass is 9.87. The molecule has 1 unspecified atom stereocenters. The van der Waals surface area contributed by atoms with E-state index in [0.29, 0.717) is 40.9 Å². The molecular formula is C31H24ClF6N3O2. The number of rotatable bonds is 5. The molecule has 1 aliphatic rings. The predicted octanol–water partition coefficient (Wildman–Crippen LogP) is 7.92. The molecule has 5 nitrogen and oxygen atoms in total. The number of alkyl halides is 6. The van der Waals surface area contributed by atoms with Gasteiger partial charge >= 0.3 is 12.4 Å². The lowest BCUT2D eigenvalue weighted by Crippen LogP contribution is -2.65. The molecule has 12 heteroatoms. The molecular weight excluding hydrogens is 596 g/mol. The van der Waals surface area contributed by atoms with Crippen LogP contribution in [0.15, 0.2) is 79.0 Å². The molecule has 5 rings (SSSR count). The molecule has 0 radical (unpaired) electrons. The standard InChI is InChI=1S/C31H24ClF6N3O2/c32-24-9-7-19(8-10-24)18-29(40-27(42)26-25-6-2-1-5-20(25)11-13-39-26)12-3-4-14-41(29)28(43)21-15-22(30(33,34)35)17-23(16-21)31(36,37)38/h1-2,5-11,13,15-17H,3-4,12,14,18H2,(H,40,42). The Labute approximate surface area is 247 Å². The van der Waals surface area contributed by atoms with E-state index < -0.39 is 46.5 Å². The van der Waals surface area contributed by atoms with Crippen LogP contribution in [0.3, 0.4) is 0 Å². The number of carbonyl (C=O) groups is 2. The fourth-order valence-corrected chi connectivity index (χ4v) is 5.56. The third-order valence-corrected chi connectivity index (χ3v) is 7.72. The molecule has 1 N–H and O–H groups in total. The quantitative estimate of drug-likeness (QED) is 0.231. The van der Waals surface area contributed by atoms with Gasteiger partial charge in [-0.2, -0.15) is 26.3 Å². The van der Waals surface area contributed by atoms with Crippen LogP contribution in [0.2, 0.25) is 5.02 Å². The summed E-state index contributed by atoms with van der Waals surface area (Å²) >= 11 is 6.05. The number of amides is 2. The first-order valence-corrected chi connectivity index (χ1v) is 13.7. The minimum absolute atomic E-state index is 0.0114. The largest absolute Gasteiger partial charge is 0.416 e. The maximum atomic E-state index is 14.0. The highest BCUT2D eigenvalue weighted by atomic mass is 35.5. The molecule has 1 fully saturated rings. The van der Waals surface area contributed by atoms with Crippen LogP contribution in [0.25, 0.3) is 10.8 Å². The van der Waals surface area contributed by atoms with Crippen molar-refractivity contribution in [1.82, 2.24) is 15.2 Å². The second-order valence-corrected chi connectivity index (χ2v) is 10.8. The molecule has 0 spiro atoms. The minimum atomic E-state index is -5.13. The van der Waals surface area contributed by atoms with Crippen LogP contribution in [0, 0.1) is 0 Å². The van der Waals surface area contributed by atoms with Gasteiger partial charge in [0.1, 0.15) is 11.4 Å². The van der Waals surface area contributed by atoms with Gasteiger partial charge in [0.15, 0.2) is 0 Å². The van der Waals surface area contributed by atoms with E-state index in [1.807, 2.05) is 0 Å². The third-order valence-electron chi connectivity index (χ3n) is 7.46. The van der Waals surface area contributed by atoms with E-state index in [1.54, 1.807) is 54.6 Å². The number of piperidine rings is 1. The monoisotopic (exact) mass is 619 g/mol. The second kappa shape index (κ2) is 11.5. The summed E-state index contributed by atoms with van der Waals surface area (Å²) in [4.78, 5) is 33.2. The van der Waals surface area contributed by atoms with Gasteiger partial charge in [-0.15, -0.1) is 0 Å². The number of halogens is 7. The van der Waals surface area contributed by atoms with Crippen molar-refractivity contribution in [3.8, 4) is 0 Å². The Kier molecular flexibility index (Phi) is 8.13. The zero-order valence-corrected chi connectivity index (χ0v) is 23.2. The number of likely N-dealkylation sites (tertiary alicyclic amines) is 1. The number of aromatic nitrogens is 1. The highest BCUT2D eigenvalue weighted by molar-refractivity contribution is 6.30. The van der Waals surface area contributed by atoms with Crippen molar-refractivity contribution < 1.29 is 35.9 Å². The Balaban J connectivity index is 1.62. The van der Waals surface area contributed by atoms with E-state index in [1.165, 1.54) is 11.1 Å². The second-order valence-electron chi connectivity index (χ2n) is 10.4. The van der Waals surface area contributed by atoms with Crippen molar-refractivity contribution in [2.75, 3.05) is 6.54 Å². The van der Waals surface area contributed by atoms with Gasteiger partial charge in [-0.05, 0) is 66.6 Å². The number of hydrogen-bond acceptors (Lipinski definition) is 3. The van der Waals surface area contributed by atoms with Crippen LogP contribution in [-0.4, -0.2) is 33.9 Å². The fourth-order valence-electron chi connectivity index (χ4n) is 5.44. The lowest BCUT2D eigenvalue weighted by molar-refractivity contribution is -0.143. The van der Waals surface area contributed by atoms with Gasteiger partial charge in [-0.1, -0.05) is 48.0 Å². The van der Waals surface area contributed by atoms with Crippen molar-refractivity contribution in [1.29, 1.82) is 0 Å². The summed E-state index contributed by atoms with van der Waals surface area (Å²) in [6.45, 7) is -0.0206. The van der Waals surface area contributed by atoms with E-state index in [4.69, 9.17) is 11.6 Å². The zero-order chi connectivity index (χ0) is 31.0. The normalized spacial score (nSPS) is 17.6. The van der Waals surface area contributed by atoms with E-state index >= 15 is 0 Å². The van der Waals surface area contributed by atoms with Gasteiger partial charge in [0.05, 0.1) is 11.1 Å². The van der Waals surface area contributed by atoms with Gasteiger partial charge in [-0.3, -0.25) is 14.6 Å². The Morgan fingerprint density at radius 3 is 2.19 bits per heavy atom. The summed E-state index contributed by atoms with van der Waals surface area (Å²) in [5.74, 6) is -1.72. The topological polar surface area (TPSA) is 62.3 Å². The van der Waals surface area contributed by atoms with Crippen molar-refractivity contribution >= 4 is 34.2 Å². The fraction of sp³-hybridized carbons (Fsp3) is 0.258. The summed E-state index contributed by atoms with van der Waals surface area (Å²) in [6, 6.07) is 16.1. The summed E-state index contributed by atoms with van der Waals surface area (Å²) in [5.41, 5.74) is -4.81. The highest BCUT2D eigenvalue weighted by Gasteiger charge is 2.45. The lowest BCUT2D eigenvalue weighted by Gasteiger charge is -2.48. The molecule has 224 valence electrons. The Bertz CT molecular complexity index is 1640. The molecule has 2 heterocycles. The maximum Gasteiger partial charge on any atom is 0.416 e. The smallest absolute Gasteiger partial charge is 0.327 e. The summed E-state index contributed by atoms with van der Waals surface area (Å²) in [6.07, 6.45) is -7.67. The molecule has 0 aliphatic carbocycles. The van der Waals surface area contributed by atoms with Crippen LogP contribution in [0.1, 0.15) is 56.8 Å². The first kappa shape index (κ1) is 30.3. The number of hydrogen-bond donors (Lipinski definition) is 1. The molecule has 0 saturated carbocycles. The molecule has 4 aromatic rings. The van der Waals surface area contributed by atoms with E-state index in [9.17, 15) is 35.9 Å². The van der Waals surface area contributed by atoms with Crippen molar-refractivity contribution in [2.45, 2.75) is 43.7 Å². The van der Waals surface area contributed by atoms with E-state index in [-0.39, 0.29) is 31.1 Å². The van der Waals surface area contributed by atoms with Crippen molar-refractivity contribution in [3.05, 3.63) is 112 Å². The van der Waals surface area contributed by atoms with Gasteiger partial charge in [0.2, 0.25) is 0 Å². The first-order valence-electron chi connectivity index (χ1n) is 13.3. The molecule has 1 atom stereocenters. The molecule has 2 amide bonds. The number of fused-ring (bicyclic) bond motifs is 1. The van der Waals surface area contributed by atoms with Crippen LogP contribution in [-0.2, 0) is 18.8 Å². The van der Waals surface area contributed by atoms with Gasteiger partial charge in [-0.25, -0.2) is 0 Å². The highest BCUT2D eigenvalue weighted by Crippen LogP contribution is 2.38. The summed E-state index contributed by atoms with van der Waals surface area (Å²) in [7, 11) is 0. The van der Waals surface area contributed by atoms with Crippen molar-refractivity contribution in [3.63, 3.8) is 0 Å². The summed E-state index contributed by atoms with van der Waals surface area (Å²) < 4.78 is 81.8. The molecule has 3 aromatic carbocycles. The number of nitrogens with zero attached hydrogens (tertiary/aromatic N) is 2. The van der Waals surface area contributed by atoms with E-state index in [0.717, 1.165) is 5.39 Å². The molecule has 0 bridgehead atoms. The van der Waals surface area contributed by atoms with Crippen LogP contribution in [0.5, 0.6) is 0 Å². The van der Waals surface area contributed by atoms with Gasteiger partial charge in [0.25, 0.3) is 11.8 Å². The predicted molar refractivity (Wildman–Crippen MR) is 148 cm³/mol. The third kappa shape index (κ3) is 6.46.